The number of nitrogens with one attached hydrogen (secondary N) is 1. The van der Waals surface area contributed by atoms with Gasteiger partial charge in [-0.3, -0.25) is 0 Å². The molecule has 88 valence electrons. The van der Waals surface area contributed by atoms with Gasteiger partial charge in [-0.05, 0) is 11.1 Å². The summed E-state index contributed by atoms with van der Waals surface area (Å²) in [6.07, 6.45) is 0. The fourth-order valence-corrected chi connectivity index (χ4v) is 2.07. The Kier molecular flexibility index (Phi) is 4.60. The van der Waals surface area contributed by atoms with Crippen LogP contribution in [0.2, 0.25) is 0 Å². The van der Waals surface area contributed by atoms with E-state index in [1.54, 1.807) is 0 Å². The van der Waals surface area contributed by atoms with Crippen LogP contribution in [0.4, 0.5) is 0 Å². The quantitative estimate of drug-likeness (QED) is 0.791. The van der Waals surface area contributed by atoms with Crippen molar-refractivity contribution in [1.29, 1.82) is 0 Å². The van der Waals surface area contributed by atoms with Crippen molar-refractivity contribution in [3.8, 4) is 0 Å². The van der Waals surface area contributed by atoms with Gasteiger partial charge in [0.1, 0.15) is 0 Å². The fraction of sp³-hybridized carbons (Fsp3) is 0.200. The third kappa shape index (κ3) is 3.58. The normalized spacial score (nSPS) is 12.3. The van der Waals surface area contributed by atoms with E-state index in [-0.39, 0.29) is 6.04 Å². The summed E-state index contributed by atoms with van der Waals surface area (Å²) in [6.45, 7) is 0.840. The molecule has 0 amide bonds. The Hall–Kier alpha value is -1.31. The molecule has 1 nitrogen and oxygen atoms in total. The van der Waals surface area contributed by atoms with E-state index in [4.69, 9.17) is 11.6 Å². The zero-order valence-corrected chi connectivity index (χ0v) is 10.4. The molecule has 2 aromatic carbocycles. The molecule has 1 N–H and O–H groups in total. The third-order valence-electron chi connectivity index (χ3n) is 2.75. The number of alkyl halides is 1. The predicted molar refractivity (Wildman–Crippen MR) is 73.2 cm³/mol. The van der Waals surface area contributed by atoms with E-state index >= 15 is 0 Å². The number of hydrogen-bond acceptors (Lipinski definition) is 1. The molecule has 0 bridgehead atoms. The summed E-state index contributed by atoms with van der Waals surface area (Å²) in [4.78, 5) is 0. The summed E-state index contributed by atoms with van der Waals surface area (Å²) in [7, 11) is 0. The number of halogens is 1. The SMILES string of the molecule is ClCC(NCc1ccccc1)c1ccccc1. The van der Waals surface area contributed by atoms with E-state index in [1.807, 2.05) is 24.3 Å². The van der Waals surface area contributed by atoms with Crippen LogP contribution in [0.15, 0.2) is 60.7 Å². The maximum Gasteiger partial charge on any atom is 0.0460 e. The molecule has 0 aromatic heterocycles. The third-order valence-corrected chi connectivity index (χ3v) is 3.06. The van der Waals surface area contributed by atoms with Crippen LogP contribution in [0.3, 0.4) is 0 Å². The maximum atomic E-state index is 6.01. The van der Waals surface area contributed by atoms with Crippen LogP contribution in [0.1, 0.15) is 17.2 Å². The highest BCUT2D eigenvalue weighted by Crippen LogP contribution is 2.14. The Morgan fingerprint density at radius 2 is 1.47 bits per heavy atom. The minimum Gasteiger partial charge on any atom is -0.305 e. The second kappa shape index (κ2) is 6.43. The van der Waals surface area contributed by atoms with Crippen LogP contribution < -0.4 is 5.32 Å². The van der Waals surface area contributed by atoms with Crippen molar-refractivity contribution in [2.24, 2.45) is 0 Å². The van der Waals surface area contributed by atoms with Crippen molar-refractivity contribution in [2.45, 2.75) is 12.6 Å². The first kappa shape index (κ1) is 12.2. The van der Waals surface area contributed by atoms with Crippen molar-refractivity contribution < 1.29 is 0 Å². The van der Waals surface area contributed by atoms with Gasteiger partial charge < -0.3 is 5.32 Å². The summed E-state index contributed by atoms with van der Waals surface area (Å²) in [5.41, 5.74) is 2.51. The zero-order valence-electron chi connectivity index (χ0n) is 9.64. The monoisotopic (exact) mass is 245 g/mol. The molecule has 1 unspecified atom stereocenters. The number of hydrogen-bond donors (Lipinski definition) is 1. The van der Waals surface area contributed by atoms with E-state index < -0.39 is 0 Å². The highest BCUT2D eigenvalue weighted by molar-refractivity contribution is 6.18. The largest absolute Gasteiger partial charge is 0.305 e. The molecule has 0 aliphatic heterocycles. The van der Waals surface area contributed by atoms with Gasteiger partial charge in [-0.25, -0.2) is 0 Å². The summed E-state index contributed by atoms with van der Waals surface area (Å²) < 4.78 is 0. The smallest absolute Gasteiger partial charge is 0.0460 e. The Bertz CT molecular complexity index is 427. The standard InChI is InChI=1S/C15H16ClN/c16-11-15(14-9-5-2-6-10-14)17-12-13-7-3-1-4-8-13/h1-10,15,17H,11-12H2. The molecular formula is C15H16ClN. The van der Waals surface area contributed by atoms with E-state index in [2.05, 4.69) is 41.7 Å². The molecule has 0 fully saturated rings. The van der Waals surface area contributed by atoms with Crippen LogP contribution in [0.5, 0.6) is 0 Å². The summed E-state index contributed by atoms with van der Waals surface area (Å²) in [5, 5.41) is 3.47. The molecule has 0 saturated carbocycles. The second-order valence-corrected chi connectivity index (χ2v) is 4.29. The number of benzene rings is 2. The average Bonchev–Trinajstić information content (AvgIpc) is 2.42. The Labute approximate surface area is 107 Å². The van der Waals surface area contributed by atoms with Crippen molar-refractivity contribution in [2.75, 3.05) is 5.88 Å². The Morgan fingerprint density at radius 1 is 0.882 bits per heavy atom. The molecule has 0 aliphatic carbocycles. The van der Waals surface area contributed by atoms with E-state index in [0.717, 1.165) is 6.54 Å². The molecule has 2 aromatic rings. The van der Waals surface area contributed by atoms with Gasteiger partial charge in [0.05, 0.1) is 0 Å². The van der Waals surface area contributed by atoms with Gasteiger partial charge in [0, 0.05) is 18.5 Å². The lowest BCUT2D eigenvalue weighted by Crippen LogP contribution is -2.22. The minimum atomic E-state index is 0.207. The first-order valence-electron chi connectivity index (χ1n) is 5.78. The van der Waals surface area contributed by atoms with Crippen LogP contribution in [0, 0.1) is 0 Å². The zero-order chi connectivity index (χ0) is 11.9. The lowest BCUT2D eigenvalue weighted by molar-refractivity contribution is 0.579. The van der Waals surface area contributed by atoms with Crippen LogP contribution in [0.25, 0.3) is 0 Å². The van der Waals surface area contributed by atoms with Gasteiger partial charge in [-0.15, -0.1) is 11.6 Å². The molecule has 0 spiro atoms. The second-order valence-electron chi connectivity index (χ2n) is 3.98. The van der Waals surface area contributed by atoms with Crippen LogP contribution >= 0.6 is 11.6 Å². The minimum absolute atomic E-state index is 0.207. The summed E-state index contributed by atoms with van der Waals surface area (Å²) in [5.74, 6) is 0.580. The molecule has 0 radical (unpaired) electrons. The van der Waals surface area contributed by atoms with Gasteiger partial charge in [0.15, 0.2) is 0 Å². The van der Waals surface area contributed by atoms with Gasteiger partial charge >= 0.3 is 0 Å². The Balaban J connectivity index is 1.97. The average molecular weight is 246 g/mol. The van der Waals surface area contributed by atoms with Crippen molar-refractivity contribution in [3.05, 3.63) is 71.8 Å². The van der Waals surface area contributed by atoms with E-state index in [0.29, 0.717) is 5.88 Å². The van der Waals surface area contributed by atoms with Crippen molar-refractivity contribution in [1.82, 2.24) is 5.32 Å². The lowest BCUT2D eigenvalue weighted by Gasteiger charge is -2.16. The first-order chi connectivity index (χ1) is 8.40. The van der Waals surface area contributed by atoms with Gasteiger partial charge in [-0.1, -0.05) is 60.7 Å². The van der Waals surface area contributed by atoms with E-state index in [9.17, 15) is 0 Å². The van der Waals surface area contributed by atoms with Crippen LogP contribution in [-0.2, 0) is 6.54 Å². The van der Waals surface area contributed by atoms with Gasteiger partial charge in [0.2, 0.25) is 0 Å². The van der Waals surface area contributed by atoms with Crippen molar-refractivity contribution in [3.63, 3.8) is 0 Å². The molecule has 2 rings (SSSR count). The summed E-state index contributed by atoms with van der Waals surface area (Å²) in [6, 6.07) is 20.9. The molecule has 0 aliphatic rings. The topological polar surface area (TPSA) is 12.0 Å². The Morgan fingerprint density at radius 3 is 2.06 bits per heavy atom. The highest BCUT2D eigenvalue weighted by atomic mass is 35.5. The maximum absolute atomic E-state index is 6.01. The molecule has 1 atom stereocenters. The van der Waals surface area contributed by atoms with Gasteiger partial charge in [0.25, 0.3) is 0 Å². The molecule has 0 heterocycles. The molecule has 2 heteroatoms. The molecule has 17 heavy (non-hydrogen) atoms. The molecule has 0 saturated heterocycles. The van der Waals surface area contributed by atoms with Gasteiger partial charge in [-0.2, -0.15) is 0 Å². The predicted octanol–water partition coefficient (Wildman–Crippen LogP) is 3.76. The first-order valence-corrected chi connectivity index (χ1v) is 6.32. The molecular weight excluding hydrogens is 230 g/mol. The summed E-state index contributed by atoms with van der Waals surface area (Å²) >= 11 is 6.01. The highest BCUT2D eigenvalue weighted by Gasteiger charge is 2.08. The van der Waals surface area contributed by atoms with E-state index in [1.165, 1.54) is 11.1 Å². The lowest BCUT2D eigenvalue weighted by atomic mass is 10.1. The van der Waals surface area contributed by atoms with Crippen molar-refractivity contribution >= 4 is 11.6 Å². The fourth-order valence-electron chi connectivity index (χ4n) is 1.78. The van der Waals surface area contributed by atoms with Crippen LogP contribution in [-0.4, -0.2) is 5.88 Å². The number of rotatable bonds is 5.